The molecule has 0 unspecified atom stereocenters. The van der Waals surface area contributed by atoms with Gasteiger partial charge in [-0.15, -0.1) is 0 Å². The molecule has 0 amide bonds. The first kappa shape index (κ1) is 7.12. The van der Waals surface area contributed by atoms with E-state index in [9.17, 15) is 0 Å². The maximum Gasteiger partial charge on any atom is 0.150 e. The van der Waals surface area contributed by atoms with Crippen LogP contribution in [0.25, 0.3) is 0 Å². The van der Waals surface area contributed by atoms with E-state index in [2.05, 4.69) is 16.9 Å². The van der Waals surface area contributed by atoms with Gasteiger partial charge in [0, 0.05) is 32.9 Å². The van der Waals surface area contributed by atoms with Gasteiger partial charge >= 0.3 is 0 Å². The summed E-state index contributed by atoms with van der Waals surface area (Å²) in [6.07, 6.45) is 1.95. The van der Waals surface area contributed by atoms with Crippen LogP contribution in [0.5, 0.6) is 0 Å². The minimum Gasteiger partial charge on any atom is -0.358 e. The average Bonchev–Trinajstić information content (AvgIpc) is 2.34. The van der Waals surface area contributed by atoms with E-state index in [0.717, 1.165) is 12.4 Å². The Kier molecular flexibility index (Phi) is 1.94. The Hall–Kier alpha value is -0.990. The third-order valence-electron chi connectivity index (χ3n) is 1.56. The molecule has 10 heavy (non-hydrogen) atoms. The van der Waals surface area contributed by atoms with Crippen molar-refractivity contribution < 1.29 is 0 Å². The van der Waals surface area contributed by atoms with Crippen molar-refractivity contribution in [3.63, 3.8) is 0 Å². The second-order valence-corrected chi connectivity index (χ2v) is 2.36. The van der Waals surface area contributed by atoms with Crippen molar-refractivity contribution in [1.29, 1.82) is 0 Å². The van der Waals surface area contributed by atoms with Gasteiger partial charge in [0.1, 0.15) is 5.82 Å². The molecule has 0 bridgehead atoms. The van der Waals surface area contributed by atoms with Crippen molar-refractivity contribution in [2.24, 2.45) is 7.05 Å². The summed E-state index contributed by atoms with van der Waals surface area (Å²) in [6.45, 7) is 3.10. The Bertz CT molecular complexity index is 204. The third-order valence-corrected chi connectivity index (χ3v) is 1.56. The van der Waals surface area contributed by atoms with Crippen LogP contribution in [0.15, 0.2) is 12.3 Å². The Morgan fingerprint density at radius 1 is 1.70 bits per heavy atom. The van der Waals surface area contributed by atoms with E-state index in [1.165, 1.54) is 0 Å². The summed E-state index contributed by atoms with van der Waals surface area (Å²) in [5, 5.41) is 4.22. The zero-order valence-electron chi connectivity index (χ0n) is 6.70. The number of aromatic nitrogens is 2. The Balaban J connectivity index is 2.74. The molecule has 56 valence electrons. The summed E-state index contributed by atoms with van der Waals surface area (Å²) < 4.78 is 1.81. The average molecular weight is 139 g/mol. The lowest BCUT2D eigenvalue weighted by atomic mass is 10.5. The highest BCUT2D eigenvalue weighted by Gasteiger charge is 1.98. The molecule has 0 aliphatic heterocycles. The van der Waals surface area contributed by atoms with Crippen LogP contribution >= 0.6 is 0 Å². The number of rotatable bonds is 2. The maximum atomic E-state index is 4.22. The van der Waals surface area contributed by atoms with Gasteiger partial charge in [-0.05, 0) is 6.92 Å². The summed E-state index contributed by atoms with van der Waals surface area (Å²) in [5.74, 6) is 1.03. The Morgan fingerprint density at radius 2 is 2.40 bits per heavy atom. The monoisotopic (exact) mass is 139 g/mol. The molecule has 1 heterocycles. The smallest absolute Gasteiger partial charge is 0.150 e. The molecule has 1 aromatic rings. The molecule has 1 rings (SSSR count). The van der Waals surface area contributed by atoms with Gasteiger partial charge in [-0.1, -0.05) is 0 Å². The van der Waals surface area contributed by atoms with Gasteiger partial charge in [0.2, 0.25) is 0 Å². The quantitative estimate of drug-likeness (QED) is 0.606. The van der Waals surface area contributed by atoms with Crippen LogP contribution in [0.2, 0.25) is 0 Å². The predicted molar refractivity (Wildman–Crippen MR) is 42.2 cm³/mol. The summed E-state index contributed by atoms with van der Waals surface area (Å²) in [6, 6.07) is 2.00. The lowest BCUT2D eigenvalue weighted by Crippen LogP contribution is -2.16. The van der Waals surface area contributed by atoms with E-state index < -0.39 is 0 Å². The van der Waals surface area contributed by atoms with Gasteiger partial charge in [0.25, 0.3) is 0 Å². The molecule has 0 fully saturated rings. The summed E-state index contributed by atoms with van der Waals surface area (Å²) in [7, 11) is 3.95. The molecule has 0 spiro atoms. The van der Waals surface area contributed by atoms with E-state index >= 15 is 0 Å². The van der Waals surface area contributed by atoms with Crippen LogP contribution in [0.4, 0.5) is 5.82 Å². The normalized spacial score (nSPS) is 9.90. The summed E-state index contributed by atoms with van der Waals surface area (Å²) in [5.41, 5.74) is 0. The number of aryl methyl sites for hydroxylation is 1. The van der Waals surface area contributed by atoms with Crippen LogP contribution in [0.3, 0.4) is 0 Å². The molecule has 0 saturated heterocycles. The van der Waals surface area contributed by atoms with E-state index in [1.807, 2.05) is 31.0 Å². The molecule has 0 aliphatic carbocycles. The van der Waals surface area contributed by atoms with E-state index in [4.69, 9.17) is 0 Å². The second-order valence-electron chi connectivity index (χ2n) is 2.36. The summed E-state index contributed by atoms with van der Waals surface area (Å²) >= 11 is 0. The highest BCUT2D eigenvalue weighted by atomic mass is 15.3. The highest BCUT2D eigenvalue weighted by Crippen LogP contribution is 2.05. The molecular formula is C7H13N3. The van der Waals surface area contributed by atoms with Gasteiger partial charge < -0.3 is 4.90 Å². The van der Waals surface area contributed by atoms with Crippen LogP contribution in [0, 0.1) is 0 Å². The lowest BCUT2D eigenvalue weighted by Gasteiger charge is -2.11. The second kappa shape index (κ2) is 2.73. The van der Waals surface area contributed by atoms with Crippen LogP contribution in [0.1, 0.15) is 6.92 Å². The molecule has 0 aromatic carbocycles. The molecule has 3 nitrogen and oxygen atoms in total. The van der Waals surface area contributed by atoms with E-state index in [1.54, 1.807) is 0 Å². The lowest BCUT2D eigenvalue weighted by molar-refractivity contribution is 0.756. The van der Waals surface area contributed by atoms with Gasteiger partial charge in [-0.2, -0.15) is 5.10 Å². The number of hydrogen-bond acceptors (Lipinski definition) is 2. The van der Waals surface area contributed by atoms with Crippen molar-refractivity contribution in [3.8, 4) is 0 Å². The van der Waals surface area contributed by atoms with Crippen molar-refractivity contribution >= 4 is 5.82 Å². The largest absolute Gasteiger partial charge is 0.358 e. The fourth-order valence-corrected chi connectivity index (χ4v) is 0.768. The number of anilines is 1. The maximum absolute atomic E-state index is 4.22. The minimum atomic E-state index is 0.997. The first-order chi connectivity index (χ1) is 4.74. The molecule has 0 radical (unpaired) electrons. The topological polar surface area (TPSA) is 21.1 Å². The molecular weight excluding hydrogens is 126 g/mol. The van der Waals surface area contributed by atoms with E-state index in [0.29, 0.717) is 0 Å². The van der Waals surface area contributed by atoms with Crippen molar-refractivity contribution in [2.45, 2.75) is 6.92 Å². The zero-order chi connectivity index (χ0) is 7.56. The van der Waals surface area contributed by atoms with Gasteiger partial charge in [0.05, 0.1) is 0 Å². The van der Waals surface area contributed by atoms with Crippen LogP contribution < -0.4 is 4.90 Å². The standard InChI is InChI=1S/C7H13N3/c1-4-9(2)7-5-6-10(3)8-7/h5-6H,4H2,1-3H3. The van der Waals surface area contributed by atoms with Crippen LogP contribution in [-0.4, -0.2) is 23.4 Å². The molecule has 3 heteroatoms. The van der Waals surface area contributed by atoms with Crippen molar-refractivity contribution in [3.05, 3.63) is 12.3 Å². The fraction of sp³-hybridized carbons (Fsp3) is 0.571. The molecule has 0 saturated carbocycles. The third kappa shape index (κ3) is 1.29. The highest BCUT2D eigenvalue weighted by molar-refractivity contribution is 5.34. The van der Waals surface area contributed by atoms with Gasteiger partial charge in [-0.25, -0.2) is 0 Å². The molecule has 1 aromatic heterocycles. The zero-order valence-corrected chi connectivity index (χ0v) is 6.70. The first-order valence-corrected chi connectivity index (χ1v) is 3.45. The molecule has 0 atom stereocenters. The van der Waals surface area contributed by atoms with Crippen LogP contribution in [-0.2, 0) is 7.05 Å². The van der Waals surface area contributed by atoms with Crippen molar-refractivity contribution in [1.82, 2.24) is 9.78 Å². The first-order valence-electron chi connectivity index (χ1n) is 3.45. The molecule has 0 N–H and O–H groups in total. The SMILES string of the molecule is CCN(C)c1ccn(C)n1. The van der Waals surface area contributed by atoms with Gasteiger partial charge in [0.15, 0.2) is 0 Å². The number of hydrogen-bond donors (Lipinski definition) is 0. The Labute approximate surface area is 61.3 Å². The fourth-order valence-electron chi connectivity index (χ4n) is 0.768. The Morgan fingerprint density at radius 3 is 2.80 bits per heavy atom. The minimum absolute atomic E-state index is 0.997. The molecule has 0 aliphatic rings. The van der Waals surface area contributed by atoms with Gasteiger partial charge in [-0.3, -0.25) is 4.68 Å². The van der Waals surface area contributed by atoms with E-state index in [-0.39, 0.29) is 0 Å². The number of nitrogens with zero attached hydrogens (tertiary/aromatic N) is 3. The predicted octanol–water partition coefficient (Wildman–Crippen LogP) is 0.876. The summed E-state index contributed by atoms with van der Waals surface area (Å²) in [4.78, 5) is 2.10. The van der Waals surface area contributed by atoms with Crippen molar-refractivity contribution in [2.75, 3.05) is 18.5 Å².